The minimum absolute atomic E-state index is 0.291. The van der Waals surface area contributed by atoms with Crippen LogP contribution in [0, 0.1) is 6.92 Å². The molecule has 5 nitrogen and oxygen atoms in total. The highest BCUT2D eigenvalue weighted by atomic mass is 35.5. The Labute approximate surface area is 122 Å². The van der Waals surface area contributed by atoms with E-state index in [9.17, 15) is 0 Å². The second-order valence-corrected chi connectivity index (χ2v) is 4.63. The average molecular weight is 294 g/mol. The molecule has 0 amide bonds. The maximum absolute atomic E-state index is 6.12. The van der Waals surface area contributed by atoms with Gasteiger partial charge in [0, 0.05) is 12.7 Å². The summed E-state index contributed by atoms with van der Waals surface area (Å²) in [6, 6.07) is 7.07. The Kier molecular flexibility index (Phi) is 4.76. The van der Waals surface area contributed by atoms with Crippen molar-refractivity contribution in [2.75, 3.05) is 12.3 Å². The second kappa shape index (κ2) is 6.54. The molecule has 0 aliphatic carbocycles. The normalized spacial score (nSPS) is 10.6. The zero-order valence-electron chi connectivity index (χ0n) is 11.4. The minimum atomic E-state index is 0.291. The molecule has 2 N–H and O–H groups in total. The lowest BCUT2D eigenvalue weighted by Crippen LogP contribution is -2.03. The van der Waals surface area contributed by atoms with Crippen molar-refractivity contribution in [2.24, 2.45) is 0 Å². The Morgan fingerprint density at radius 1 is 1.25 bits per heavy atom. The fourth-order valence-corrected chi connectivity index (χ4v) is 1.88. The third-order valence-corrected chi connectivity index (χ3v) is 2.80. The van der Waals surface area contributed by atoms with E-state index in [0.29, 0.717) is 41.5 Å². The maximum atomic E-state index is 6.12. The predicted molar refractivity (Wildman–Crippen MR) is 78.0 cm³/mol. The first-order valence-corrected chi connectivity index (χ1v) is 6.61. The first kappa shape index (κ1) is 14.6. The van der Waals surface area contributed by atoms with E-state index in [-0.39, 0.29) is 0 Å². The first-order valence-electron chi connectivity index (χ1n) is 6.23. The summed E-state index contributed by atoms with van der Waals surface area (Å²) < 4.78 is 10.9. The number of nitrogen functional groups attached to an aromatic ring is 1. The lowest BCUT2D eigenvalue weighted by atomic mass is 10.2. The van der Waals surface area contributed by atoms with Gasteiger partial charge >= 0.3 is 0 Å². The third-order valence-electron chi connectivity index (χ3n) is 2.51. The standard InChI is InChI=1S/C14H16ClN3O2/c1-3-19-8-13-17-12(16)7-14(18-13)20-11-5-4-9(2)6-10(11)15/h4-7H,3,8H2,1-2H3,(H2,16,17,18). The Morgan fingerprint density at radius 3 is 2.75 bits per heavy atom. The van der Waals surface area contributed by atoms with Gasteiger partial charge in [0.1, 0.15) is 18.2 Å². The minimum Gasteiger partial charge on any atom is -0.437 e. The number of benzene rings is 1. The van der Waals surface area contributed by atoms with Crippen LogP contribution in [0.5, 0.6) is 11.6 Å². The van der Waals surface area contributed by atoms with Gasteiger partial charge in [0.25, 0.3) is 0 Å². The SMILES string of the molecule is CCOCc1nc(N)cc(Oc2ccc(C)cc2Cl)n1. The van der Waals surface area contributed by atoms with Crippen LogP contribution in [0.1, 0.15) is 18.3 Å². The van der Waals surface area contributed by atoms with Crippen molar-refractivity contribution in [1.29, 1.82) is 0 Å². The van der Waals surface area contributed by atoms with E-state index in [4.69, 9.17) is 26.8 Å². The van der Waals surface area contributed by atoms with E-state index < -0.39 is 0 Å². The van der Waals surface area contributed by atoms with Crippen LogP contribution in [0.2, 0.25) is 5.02 Å². The van der Waals surface area contributed by atoms with Crippen molar-refractivity contribution in [3.05, 3.63) is 40.7 Å². The fraction of sp³-hybridized carbons (Fsp3) is 0.286. The molecule has 0 saturated carbocycles. The number of hydrogen-bond donors (Lipinski definition) is 1. The van der Waals surface area contributed by atoms with Gasteiger partial charge in [-0.25, -0.2) is 4.98 Å². The monoisotopic (exact) mass is 293 g/mol. The molecule has 2 rings (SSSR count). The molecular formula is C14H16ClN3O2. The van der Waals surface area contributed by atoms with Crippen molar-refractivity contribution >= 4 is 17.4 Å². The summed E-state index contributed by atoms with van der Waals surface area (Å²) in [5.41, 5.74) is 6.78. The third kappa shape index (κ3) is 3.82. The lowest BCUT2D eigenvalue weighted by molar-refractivity contribution is 0.128. The summed E-state index contributed by atoms with van der Waals surface area (Å²) in [5, 5.41) is 0.522. The fourth-order valence-electron chi connectivity index (χ4n) is 1.60. The molecule has 6 heteroatoms. The van der Waals surface area contributed by atoms with Gasteiger partial charge in [0.2, 0.25) is 5.88 Å². The maximum Gasteiger partial charge on any atom is 0.224 e. The summed E-state index contributed by atoms with van der Waals surface area (Å²) in [6.07, 6.45) is 0. The van der Waals surface area contributed by atoms with Crippen LogP contribution in [-0.4, -0.2) is 16.6 Å². The van der Waals surface area contributed by atoms with Gasteiger partial charge < -0.3 is 15.2 Å². The summed E-state index contributed by atoms with van der Waals surface area (Å²) in [5.74, 6) is 1.67. The van der Waals surface area contributed by atoms with E-state index in [2.05, 4.69) is 9.97 Å². The van der Waals surface area contributed by atoms with Crippen LogP contribution in [0.3, 0.4) is 0 Å². The number of nitrogens with zero attached hydrogens (tertiary/aromatic N) is 2. The number of hydrogen-bond acceptors (Lipinski definition) is 5. The number of anilines is 1. The van der Waals surface area contributed by atoms with E-state index in [1.54, 1.807) is 12.1 Å². The lowest BCUT2D eigenvalue weighted by Gasteiger charge is -2.09. The number of aromatic nitrogens is 2. The average Bonchev–Trinajstić information content (AvgIpc) is 2.39. The van der Waals surface area contributed by atoms with Crippen LogP contribution in [0.25, 0.3) is 0 Å². The van der Waals surface area contributed by atoms with Crippen LogP contribution < -0.4 is 10.5 Å². The molecular weight excluding hydrogens is 278 g/mol. The Balaban J connectivity index is 2.21. The molecule has 1 aromatic carbocycles. The predicted octanol–water partition coefficient (Wildman–Crippen LogP) is 3.35. The first-order chi connectivity index (χ1) is 9.58. The molecule has 0 radical (unpaired) electrons. The van der Waals surface area contributed by atoms with E-state index in [1.807, 2.05) is 26.0 Å². The van der Waals surface area contributed by atoms with Crippen LogP contribution >= 0.6 is 11.6 Å². The van der Waals surface area contributed by atoms with Crippen molar-refractivity contribution in [3.63, 3.8) is 0 Å². The van der Waals surface area contributed by atoms with Gasteiger partial charge in [-0.15, -0.1) is 0 Å². The van der Waals surface area contributed by atoms with Crippen molar-refractivity contribution in [1.82, 2.24) is 9.97 Å². The largest absolute Gasteiger partial charge is 0.437 e. The highest BCUT2D eigenvalue weighted by Gasteiger charge is 2.08. The van der Waals surface area contributed by atoms with Crippen LogP contribution in [-0.2, 0) is 11.3 Å². The Bertz CT molecular complexity index is 605. The molecule has 0 fully saturated rings. The van der Waals surface area contributed by atoms with Gasteiger partial charge in [-0.3, -0.25) is 0 Å². The molecule has 0 aliphatic heterocycles. The summed E-state index contributed by atoms with van der Waals surface area (Å²) in [6.45, 7) is 4.73. The van der Waals surface area contributed by atoms with Crippen molar-refractivity contribution in [2.45, 2.75) is 20.5 Å². The summed E-state index contributed by atoms with van der Waals surface area (Å²) >= 11 is 6.12. The molecule has 1 heterocycles. The molecule has 20 heavy (non-hydrogen) atoms. The van der Waals surface area contributed by atoms with Gasteiger partial charge in [-0.05, 0) is 31.5 Å². The van der Waals surface area contributed by atoms with E-state index in [0.717, 1.165) is 5.56 Å². The topological polar surface area (TPSA) is 70.3 Å². The number of ether oxygens (including phenoxy) is 2. The number of aryl methyl sites for hydroxylation is 1. The molecule has 0 atom stereocenters. The van der Waals surface area contributed by atoms with Crippen molar-refractivity contribution < 1.29 is 9.47 Å². The van der Waals surface area contributed by atoms with Crippen molar-refractivity contribution in [3.8, 4) is 11.6 Å². The van der Waals surface area contributed by atoms with Gasteiger partial charge in [-0.2, -0.15) is 4.98 Å². The summed E-state index contributed by atoms with van der Waals surface area (Å²) in [7, 11) is 0. The molecule has 0 aliphatic rings. The number of rotatable bonds is 5. The second-order valence-electron chi connectivity index (χ2n) is 4.22. The number of halogens is 1. The van der Waals surface area contributed by atoms with Gasteiger partial charge in [0.05, 0.1) is 5.02 Å². The summed E-state index contributed by atoms with van der Waals surface area (Å²) in [4.78, 5) is 8.31. The highest BCUT2D eigenvalue weighted by Crippen LogP contribution is 2.29. The highest BCUT2D eigenvalue weighted by molar-refractivity contribution is 6.32. The molecule has 1 aromatic heterocycles. The molecule has 0 spiro atoms. The molecule has 106 valence electrons. The van der Waals surface area contributed by atoms with E-state index in [1.165, 1.54) is 0 Å². The van der Waals surface area contributed by atoms with Gasteiger partial charge in [0.15, 0.2) is 5.82 Å². The zero-order chi connectivity index (χ0) is 14.5. The molecule has 0 unspecified atom stereocenters. The van der Waals surface area contributed by atoms with E-state index >= 15 is 0 Å². The Hall–Kier alpha value is -1.85. The number of nitrogens with two attached hydrogens (primary N) is 1. The smallest absolute Gasteiger partial charge is 0.224 e. The van der Waals surface area contributed by atoms with Gasteiger partial charge in [-0.1, -0.05) is 17.7 Å². The molecule has 0 saturated heterocycles. The Morgan fingerprint density at radius 2 is 2.05 bits per heavy atom. The zero-order valence-corrected chi connectivity index (χ0v) is 12.1. The quantitative estimate of drug-likeness (QED) is 0.915. The molecule has 0 bridgehead atoms. The van der Waals surface area contributed by atoms with Crippen LogP contribution in [0.4, 0.5) is 5.82 Å². The van der Waals surface area contributed by atoms with Crippen LogP contribution in [0.15, 0.2) is 24.3 Å². The molecule has 2 aromatic rings.